The van der Waals surface area contributed by atoms with Gasteiger partial charge in [-0.05, 0) is 91.2 Å². The van der Waals surface area contributed by atoms with Crippen LogP contribution in [-0.2, 0) is 20.8 Å². The number of hydrogen-bond acceptors (Lipinski definition) is 7. The highest BCUT2D eigenvalue weighted by atomic mass is 16.3. The van der Waals surface area contributed by atoms with Gasteiger partial charge in [0.25, 0.3) is 0 Å². The maximum Gasteiger partial charge on any atom is 0.203 e. The highest BCUT2D eigenvalue weighted by molar-refractivity contribution is 6.24. The van der Waals surface area contributed by atoms with Gasteiger partial charge in [-0.1, -0.05) is 83.7 Å². The second kappa shape index (κ2) is 11.9. The molecular weight excluding hydrogens is 616 g/mol. The summed E-state index contributed by atoms with van der Waals surface area (Å²) in [6.45, 7) is 12.4. The minimum Gasteiger partial charge on any atom is -0.508 e. The van der Waals surface area contributed by atoms with Crippen LogP contribution < -0.4 is 0 Å². The molecule has 256 valence electrons. The van der Waals surface area contributed by atoms with Crippen LogP contribution in [0.4, 0.5) is 0 Å². The fourth-order valence-electron chi connectivity index (χ4n) is 9.29. The van der Waals surface area contributed by atoms with E-state index in [0.717, 1.165) is 54.9 Å². The van der Waals surface area contributed by atoms with Crippen LogP contribution in [0.3, 0.4) is 0 Å². The second-order valence-corrected chi connectivity index (χ2v) is 15.6. The Bertz CT molecular complexity index is 1960. The Hall–Kier alpha value is -4.41. The number of aliphatic hydroxyl groups is 3. The fraction of sp³-hybridized carbons (Fsp3) is 0.452. The molecule has 1 saturated carbocycles. The number of rotatable bonds is 4. The minimum absolute atomic E-state index is 0.0348. The first kappa shape index (κ1) is 34.5. The zero-order valence-corrected chi connectivity index (χ0v) is 29.5. The van der Waals surface area contributed by atoms with Crippen LogP contribution in [0.5, 0.6) is 5.75 Å². The molecule has 4 aliphatic carbocycles. The molecule has 0 saturated heterocycles. The van der Waals surface area contributed by atoms with Crippen LogP contribution in [0.15, 0.2) is 58.9 Å². The summed E-state index contributed by atoms with van der Waals surface area (Å²) in [5, 5.41) is 47.9. The number of allylic oxidation sites excluding steroid dienone is 3. The van der Waals surface area contributed by atoms with Crippen LogP contribution in [0.2, 0.25) is 0 Å². The smallest absolute Gasteiger partial charge is 0.203 e. The van der Waals surface area contributed by atoms with E-state index in [0.29, 0.717) is 17.0 Å². The van der Waals surface area contributed by atoms with E-state index in [2.05, 4.69) is 43.9 Å². The Morgan fingerprint density at radius 3 is 2.22 bits per heavy atom. The average Bonchev–Trinajstić information content (AvgIpc) is 3.02. The van der Waals surface area contributed by atoms with Gasteiger partial charge < -0.3 is 20.4 Å². The van der Waals surface area contributed by atoms with Gasteiger partial charge in [0.1, 0.15) is 22.8 Å². The number of aromatic hydroxyl groups is 1. The van der Waals surface area contributed by atoms with Gasteiger partial charge in [-0.3, -0.25) is 14.4 Å². The summed E-state index contributed by atoms with van der Waals surface area (Å²) >= 11 is 0. The fourth-order valence-corrected chi connectivity index (χ4v) is 9.29. The van der Waals surface area contributed by atoms with Crippen molar-refractivity contribution in [3.05, 3.63) is 81.1 Å². The van der Waals surface area contributed by atoms with Crippen molar-refractivity contribution < 1.29 is 34.8 Å². The van der Waals surface area contributed by atoms with Crippen molar-refractivity contribution in [2.75, 3.05) is 0 Å². The number of phenols is 1. The summed E-state index contributed by atoms with van der Waals surface area (Å²) in [6.07, 6.45) is 6.27. The normalized spacial score (nSPS) is 28.1. The predicted octanol–water partition coefficient (Wildman–Crippen LogP) is 7.83. The zero-order chi connectivity index (χ0) is 35.8. The highest BCUT2D eigenvalue weighted by Crippen LogP contribution is 2.65. The quantitative estimate of drug-likeness (QED) is 0.194. The summed E-state index contributed by atoms with van der Waals surface area (Å²) in [5.41, 5.74) is -1.32. The van der Waals surface area contributed by atoms with E-state index in [9.17, 15) is 34.8 Å². The summed E-state index contributed by atoms with van der Waals surface area (Å²) in [6, 6.07) is 9.96. The van der Waals surface area contributed by atoms with Gasteiger partial charge in [0, 0.05) is 22.3 Å². The first-order valence-corrected chi connectivity index (χ1v) is 17.4. The van der Waals surface area contributed by atoms with E-state index >= 15 is 0 Å². The van der Waals surface area contributed by atoms with E-state index in [1.807, 2.05) is 25.1 Å². The molecule has 1 fully saturated rings. The van der Waals surface area contributed by atoms with Crippen molar-refractivity contribution in [3.63, 3.8) is 0 Å². The molecule has 0 aliphatic heterocycles. The summed E-state index contributed by atoms with van der Waals surface area (Å²) in [5.74, 6) is 1.21. The van der Waals surface area contributed by atoms with Gasteiger partial charge >= 0.3 is 0 Å². The van der Waals surface area contributed by atoms with Gasteiger partial charge in [-0.15, -0.1) is 0 Å². The first-order valence-electron chi connectivity index (χ1n) is 17.4. The first-order chi connectivity index (χ1) is 23.0. The molecule has 0 radical (unpaired) electrons. The lowest BCUT2D eigenvalue weighted by Crippen LogP contribution is -2.69. The molecule has 0 heterocycles. The van der Waals surface area contributed by atoms with Crippen LogP contribution >= 0.6 is 0 Å². The average molecular weight is 663 g/mol. The molecule has 6 rings (SSSR count). The molecule has 2 aromatic carbocycles. The number of aliphatic hydroxyl groups excluding tert-OH is 2. The topological polar surface area (TPSA) is 132 Å². The maximum atomic E-state index is 14.8. The molecule has 4 N–H and O–H groups in total. The Morgan fingerprint density at radius 2 is 1.65 bits per heavy atom. The number of carbonyl (C=O) groups is 3. The highest BCUT2D eigenvalue weighted by Gasteiger charge is 2.72. The van der Waals surface area contributed by atoms with E-state index in [1.54, 1.807) is 20.8 Å². The van der Waals surface area contributed by atoms with Gasteiger partial charge in [0.15, 0.2) is 17.2 Å². The molecule has 0 aromatic heterocycles. The third-order valence-corrected chi connectivity index (χ3v) is 11.5. The van der Waals surface area contributed by atoms with Crippen LogP contribution in [-0.4, -0.2) is 43.4 Å². The number of hydrogen-bond donors (Lipinski definition) is 4. The van der Waals surface area contributed by atoms with Crippen LogP contribution in [0, 0.1) is 34.5 Å². The number of carbonyl (C=O) groups excluding carboxylic acids is 3. The van der Waals surface area contributed by atoms with E-state index in [4.69, 9.17) is 0 Å². The molecule has 7 nitrogen and oxygen atoms in total. The van der Waals surface area contributed by atoms with Crippen molar-refractivity contribution in [2.24, 2.45) is 22.7 Å². The standard InChI is InChI=1S/C42H46O7/c1-22(2)26-15-17-27(18-16-26)29-19-28(14-13-25-11-9-8-10-12-25)35(44)32-30(29)20-40(6)21-41(7)33(23(3)4)36(45)31(24(5)43)38(47)42(41,49)39(48)34(40)37(32)46/h11,15-19,22-23,33,44,46-47,49H,8-10,12,20-21H2,1-7H3/t33?,40-,41-,42+/m1/s1. The van der Waals surface area contributed by atoms with E-state index in [1.165, 1.54) is 0 Å². The zero-order valence-electron chi connectivity index (χ0n) is 29.5. The van der Waals surface area contributed by atoms with Gasteiger partial charge in [-0.2, -0.15) is 0 Å². The van der Waals surface area contributed by atoms with Gasteiger partial charge in [-0.25, -0.2) is 0 Å². The number of phenolic OH excluding ortho intramolecular Hbond substituents is 1. The summed E-state index contributed by atoms with van der Waals surface area (Å²) in [4.78, 5) is 41.3. The molecule has 2 aromatic rings. The van der Waals surface area contributed by atoms with E-state index < -0.39 is 62.7 Å². The van der Waals surface area contributed by atoms with Crippen molar-refractivity contribution in [2.45, 2.75) is 98.5 Å². The molecule has 1 unspecified atom stereocenters. The monoisotopic (exact) mass is 662 g/mol. The number of fused-ring (bicyclic) bond motifs is 3. The molecule has 4 aliphatic rings. The Balaban J connectivity index is 1.64. The van der Waals surface area contributed by atoms with Crippen molar-refractivity contribution in [1.82, 2.24) is 0 Å². The van der Waals surface area contributed by atoms with Crippen molar-refractivity contribution in [1.29, 1.82) is 0 Å². The third-order valence-electron chi connectivity index (χ3n) is 11.5. The second-order valence-electron chi connectivity index (χ2n) is 15.6. The SMILES string of the molecule is CC(=O)C1=C(O)[C@]2(O)C(=O)C3=C(O)c4c(O)c(C#CC5=CCCCC5)cc(-c5ccc(C(C)C)cc5)c4C[C@]3(C)C[C@]2(C)C(C(C)C)C1=O. The van der Waals surface area contributed by atoms with Crippen molar-refractivity contribution >= 4 is 23.1 Å². The lowest BCUT2D eigenvalue weighted by atomic mass is 9.43. The summed E-state index contributed by atoms with van der Waals surface area (Å²) < 4.78 is 0. The molecule has 0 bridgehead atoms. The van der Waals surface area contributed by atoms with Crippen LogP contribution in [0.25, 0.3) is 16.9 Å². The molecular formula is C42H46O7. The lowest BCUT2D eigenvalue weighted by molar-refractivity contribution is -0.178. The Labute approximate surface area is 288 Å². The number of ketones is 3. The number of benzene rings is 2. The Kier molecular flexibility index (Phi) is 8.35. The summed E-state index contributed by atoms with van der Waals surface area (Å²) in [7, 11) is 0. The third kappa shape index (κ3) is 5.02. The van der Waals surface area contributed by atoms with Gasteiger partial charge in [0.2, 0.25) is 5.78 Å². The minimum atomic E-state index is -2.66. The molecule has 0 spiro atoms. The maximum absolute atomic E-state index is 14.8. The molecule has 49 heavy (non-hydrogen) atoms. The molecule has 4 atom stereocenters. The predicted molar refractivity (Wildman–Crippen MR) is 189 cm³/mol. The molecule has 7 heteroatoms. The molecule has 0 amide bonds. The van der Waals surface area contributed by atoms with Crippen LogP contribution in [0.1, 0.15) is 109 Å². The van der Waals surface area contributed by atoms with Crippen molar-refractivity contribution in [3.8, 4) is 28.7 Å². The largest absolute Gasteiger partial charge is 0.508 e. The van der Waals surface area contributed by atoms with E-state index in [-0.39, 0.29) is 29.7 Å². The lowest BCUT2D eigenvalue weighted by Gasteiger charge is -2.59. The Morgan fingerprint density at radius 1 is 0.980 bits per heavy atom. The van der Waals surface area contributed by atoms with Gasteiger partial charge in [0.05, 0.1) is 11.1 Å². The number of Topliss-reactive ketones (excluding diaryl/α,β-unsaturated/α-hetero) is 3.